The van der Waals surface area contributed by atoms with E-state index in [4.69, 9.17) is 11.6 Å². The number of anilines is 1. The van der Waals surface area contributed by atoms with E-state index in [1.165, 1.54) is 12.1 Å². The van der Waals surface area contributed by atoms with Crippen molar-refractivity contribution in [2.45, 2.75) is 18.2 Å². The van der Waals surface area contributed by atoms with Crippen LogP contribution in [0.1, 0.15) is 12.5 Å². The summed E-state index contributed by atoms with van der Waals surface area (Å²) in [6, 6.07) is 15.4. The van der Waals surface area contributed by atoms with Gasteiger partial charge < -0.3 is 5.32 Å². The smallest absolute Gasteiger partial charge is 0.228 e. The van der Waals surface area contributed by atoms with Gasteiger partial charge in [-0.1, -0.05) is 30.7 Å². The molecule has 0 aliphatic heterocycles. The van der Waals surface area contributed by atoms with Crippen LogP contribution in [0.15, 0.2) is 71.9 Å². The average molecular weight is 415 g/mol. The third kappa shape index (κ3) is 4.77. The lowest BCUT2D eigenvalue weighted by Gasteiger charge is -2.10. The number of pyridine rings is 1. The maximum Gasteiger partial charge on any atom is 0.228 e. The summed E-state index contributed by atoms with van der Waals surface area (Å²) in [4.78, 5) is 16.6. The van der Waals surface area contributed by atoms with Gasteiger partial charge in [0, 0.05) is 28.7 Å². The van der Waals surface area contributed by atoms with Gasteiger partial charge in [0.2, 0.25) is 5.91 Å². The highest BCUT2D eigenvalue weighted by Gasteiger charge is 2.12. The van der Waals surface area contributed by atoms with E-state index in [1.54, 1.807) is 43.6 Å². The Balaban J connectivity index is 1.72. The number of carbonyl (C=O) groups is 1. The fourth-order valence-electron chi connectivity index (χ4n) is 2.73. The number of halogens is 1. The molecule has 2 aromatic carbocycles. The number of carbonyl (C=O) groups excluding carboxylic acids is 1. The van der Waals surface area contributed by atoms with E-state index in [9.17, 15) is 13.2 Å². The minimum absolute atomic E-state index is 0.0449. The lowest BCUT2D eigenvalue weighted by molar-refractivity contribution is -0.115. The maximum absolute atomic E-state index is 12.4. The van der Waals surface area contributed by atoms with E-state index in [0.29, 0.717) is 10.7 Å². The molecule has 0 fully saturated rings. The van der Waals surface area contributed by atoms with Crippen LogP contribution in [0.5, 0.6) is 0 Å². The minimum Gasteiger partial charge on any atom is -0.326 e. The van der Waals surface area contributed by atoms with Crippen LogP contribution in [0, 0.1) is 0 Å². The van der Waals surface area contributed by atoms with Crippen LogP contribution < -0.4 is 5.32 Å². The number of benzene rings is 2. The molecule has 0 atom stereocenters. The second-order valence-corrected chi connectivity index (χ2v) is 8.89. The van der Waals surface area contributed by atoms with Crippen molar-refractivity contribution in [3.8, 4) is 11.1 Å². The normalized spacial score (nSPS) is 11.2. The van der Waals surface area contributed by atoms with Crippen LogP contribution in [0.3, 0.4) is 0 Å². The van der Waals surface area contributed by atoms with E-state index >= 15 is 0 Å². The van der Waals surface area contributed by atoms with Gasteiger partial charge in [-0.15, -0.1) is 0 Å². The monoisotopic (exact) mass is 414 g/mol. The largest absolute Gasteiger partial charge is 0.326 e. The second kappa shape index (κ2) is 8.54. The summed E-state index contributed by atoms with van der Waals surface area (Å²) in [6.07, 6.45) is 3.50. The molecule has 0 aliphatic rings. The molecule has 0 saturated carbocycles. The Hall–Kier alpha value is -2.70. The van der Waals surface area contributed by atoms with Gasteiger partial charge in [0.1, 0.15) is 0 Å². The van der Waals surface area contributed by atoms with Crippen LogP contribution in [-0.2, 0) is 21.1 Å². The lowest BCUT2D eigenvalue weighted by atomic mass is 10.1. The molecule has 28 heavy (non-hydrogen) atoms. The molecule has 0 unspecified atom stereocenters. The molecular formula is C21H19ClN2O3S. The van der Waals surface area contributed by atoms with Crippen LogP contribution in [-0.4, -0.2) is 25.1 Å². The quantitative estimate of drug-likeness (QED) is 0.649. The van der Waals surface area contributed by atoms with Gasteiger partial charge in [0.25, 0.3) is 0 Å². The van der Waals surface area contributed by atoms with E-state index in [1.807, 2.05) is 18.2 Å². The fraction of sp³-hybridized carbons (Fsp3) is 0.143. The van der Waals surface area contributed by atoms with Crippen LogP contribution in [0.4, 0.5) is 5.69 Å². The van der Waals surface area contributed by atoms with Crippen LogP contribution >= 0.6 is 11.6 Å². The standard InChI is InChI=1S/C21H19ClN2O3S/c1-2-28(26,27)18-6-3-15(4-7-18)13-21(25)24-17-5-8-20(22)19(14-17)16-9-11-23-12-10-16/h3-12,14H,2,13H2,1H3,(H,24,25). The average Bonchev–Trinajstić information content (AvgIpc) is 2.70. The summed E-state index contributed by atoms with van der Waals surface area (Å²) < 4.78 is 23.7. The zero-order valence-corrected chi connectivity index (χ0v) is 16.8. The topological polar surface area (TPSA) is 76.1 Å². The molecule has 1 heterocycles. The van der Waals surface area contributed by atoms with Crippen molar-refractivity contribution < 1.29 is 13.2 Å². The van der Waals surface area contributed by atoms with Gasteiger partial charge in [-0.25, -0.2) is 8.42 Å². The summed E-state index contributed by atoms with van der Waals surface area (Å²) in [5, 5.41) is 3.43. The number of nitrogens with zero attached hydrogens (tertiary/aromatic N) is 1. The van der Waals surface area contributed by atoms with Crippen molar-refractivity contribution in [2.24, 2.45) is 0 Å². The Morgan fingerprint density at radius 3 is 2.36 bits per heavy atom. The Kier molecular flexibility index (Phi) is 6.11. The molecule has 3 aromatic rings. The molecule has 3 rings (SSSR count). The van der Waals surface area contributed by atoms with Gasteiger partial charge in [-0.05, 0) is 53.6 Å². The summed E-state index contributed by atoms with van der Waals surface area (Å²) >= 11 is 6.28. The summed E-state index contributed by atoms with van der Waals surface area (Å²) in [5.74, 6) is -0.155. The molecule has 0 aliphatic carbocycles. The molecule has 5 nitrogen and oxygen atoms in total. The highest BCUT2D eigenvalue weighted by molar-refractivity contribution is 7.91. The van der Waals surface area contributed by atoms with Crippen LogP contribution in [0.2, 0.25) is 5.02 Å². The van der Waals surface area contributed by atoms with Crippen molar-refractivity contribution in [3.63, 3.8) is 0 Å². The molecule has 0 spiro atoms. The zero-order chi connectivity index (χ0) is 20.1. The number of sulfone groups is 1. The molecule has 0 radical (unpaired) electrons. The summed E-state index contributed by atoms with van der Waals surface area (Å²) in [6.45, 7) is 1.60. The molecule has 0 bridgehead atoms. The van der Waals surface area contributed by atoms with E-state index in [-0.39, 0.29) is 23.0 Å². The Morgan fingerprint density at radius 1 is 1.04 bits per heavy atom. The van der Waals surface area contributed by atoms with Crippen molar-refractivity contribution in [1.29, 1.82) is 0 Å². The molecule has 1 N–H and O–H groups in total. The highest BCUT2D eigenvalue weighted by atomic mass is 35.5. The van der Waals surface area contributed by atoms with Crippen molar-refractivity contribution in [1.82, 2.24) is 4.98 Å². The first kappa shape index (κ1) is 20.0. The van der Waals surface area contributed by atoms with Crippen molar-refractivity contribution in [2.75, 3.05) is 11.1 Å². The molecule has 0 saturated heterocycles. The number of amides is 1. The van der Waals surface area contributed by atoms with Crippen molar-refractivity contribution >= 4 is 33.0 Å². The molecule has 1 amide bonds. The van der Waals surface area contributed by atoms with E-state index in [0.717, 1.165) is 16.7 Å². The van der Waals surface area contributed by atoms with Crippen LogP contribution in [0.25, 0.3) is 11.1 Å². The summed E-state index contributed by atoms with van der Waals surface area (Å²) in [5.41, 5.74) is 3.07. The highest BCUT2D eigenvalue weighted by Crippen LogP contribution is 2.30. The molecule has 144 valence electrons. The second-order valence-electron chi connectivity index (χ2n) is 6.20. The van der Waals surface area contributed by atoms with Gasteiger partial charge in [0.15, 0.2) is 9.84 Å². The number of hydrogen-bond acceptors (Lipinski definition) is 4. The first-order valence-corrected chi connectivity index (χ1v) is 10.7. The van der Waals surface area contributed by atoms with Gasteiger partial charge in [0.05, 0.1) is 17.1 Å². The Labute approximate surface area is 169 Å². The molecule has 1 aromatic heterocycles. The maximum atomic E-state index is 12.4. The first-order chi connectivity index (χ1) is 13.4. The van der Waals surface area contributed by atoms with Crippen molar-refractivity contribution in [3.05, 3.63) is 77.6 Å². The van der Waals surface area contributed by atoms with E-state index in [2.05, 4.69) is 10.3 Å². The number of aromatic nitrogens is 1. The fourth-order valence-corrected chi connectivity index (χ4v) is 3.84. The molecular weight excluding hydrogens is 396 g/mol. The predicted octanol–water partition coefficient (Wildman–Crippen LogP) is 4.38. The minimum atomic E-state index is -3.24. The molecule has 7 heteroatoms. The Morgan fingerprint density at radius 2 is 1.71 bits per heavy atom. The number of rotatable bonds is 6. The van der Waals surface area contributed by atoms with Gasteiger partial charge in [-0.3, -0.25) is 9.78 Å². The third-order valence-corrected chi connectivity index (χ3v) is 6.35. The number of hydrogen-bond donors (Lipinski definition) is 1. The Bertz CT molecular complexity index is 1080. The van der Waals surface area contributed by atoms with Gasteiger partial charge >= 0.3 is 0 Å². The first-order valence-electron chi connectivity index (χ1n) is 8.70. The SMILES string of the molecule is CCS(=O)(=O)c1ccc(CC(=O)Nc2ccc(Cl)c(-c3ccncc3)c2)cc1. The third-order valence-electron chi connectivity index (χ3n) is 4.27. The van der Waals surface area contributed by atoms with E-state index < -0.39 is 9.84 Å². The number of nitrogens with one attached hydrogen (secondary N) is 1. The predicted molar refractivity (Wildman–Crippen MR) is 111 cm³/mol. The van der Waals surface area contributed by atoms with Gasteiger partial charge in [-0.2, -0.15) is 0 Å². The summed E-state index contributed by atoms with van der Waals surface area (Å²) in [7, 11) is -3.24. The lowest BCUT2D eigenvalue weighted by Crippen LogP contribution is -2.14. The zero-order valence-electron chi connectivity index (χ0n) is 15.2.